The zero-order valence-electron chi connectivity index (χ0n) is 10.9. The molecule has 3 rings (SSSR count). The minimum Gasteiger partial charge on any atom is -0.309 e. The van der Waals surface area contributed by atoms with E-state index in [4.69, 9.17) is 0 Å². The summed E-state index contributed by atoms with van der Waals surface area (Å²) in [5.74, 6) is -0.205. The van der Waals surface area contributed by atoms with Crippen LogP contribution in [0.15, 0.2) is 24.3 Å². The van der Waals surface area contributed by atoms with E-state index in [0.29, 0.717) is 6.04 Å². The molecule has 1 aromatic carbocycles. The largest absolute Gasteiger partial charge is 0.309 e. The van der Waals surface area contributed by atoms with E-state index in [9.17, 15) is 4.39 Å². The molecule has 0 radical (unpaired) electrons. The molecule has 2 nitrogen and oxygen atoms in total. The Hall–Kier alpha value is -1.26. The van der Waals surface area contributed by atoms with Crippen molar-refractivity contribution in [2.24, 2.45) is 0 Å². The normalized spacial score (nSPS) is 14.8. The fourth-order valence-electron chi connectivity index (χ4n) is 2.07. The van der Waals surface area contributed by atoms with Gasteiger partial charge in [-0.1, -0.05) is 19.1 Å². The van der Waals surface area contributed by atoms with Crippen LogP contribution < -0.4 is 5.32 Å². The summed E-state index contributed by atoms with van der Waals surface area (Å²) in [4.78, 5) is 5.94. The van der Waals surface area contributed by atoms with Gasteiger partial charge in [0.05, 0.1) is 5.69 Å². The molecular weight excluding hydrogens is 259 g/mol. The zero-order valence-corrected chi connectivity index (χ0v) is 11.8. The maximum atomic E-state index is 13.3. The van der Waals surface area contributed by atoms with Gasteiger partial charge in [-0.15, -0.1) is 11.3 Å². The zero-order chi connectivity index (χ0) is 13.2. The van der Waals surface area contributed by atoms with Crippen LogP contribution in [0.3, 0.4) is 0 Å². The second kappa shape index (κ2) is 5.39. The SMILES string of the molecule is CCc1nc(-c2cccc(F)c2)sc1CNC1CC1. The van der Waals surface area contributed by atoms with Crippen LogP contribution in [-0.2, 0) is 13.0 Å². The van der Waals surface area contributed by atoms with E-state index >= 15 is 0 Å². The molecule has 19 heavy (non-hydrogen) atoms. The Morgan fingerprint density at radius 1 is 1.42 bits per heavy atom. The van der Waals surface area contributed by atoms with Crippen LogP contribution in [0.2, 0.25) is 0 Å². The van der Waals surface area contributed by atoms with Gasteiger partial charge in [0.15, 0.2) is 0 Å². The Labute approximate surface area is 116 Å². The Kier molecular flexibility index (Phi) is 3.62. The molecule has 0 amide bonds. The van der Waals surface area contributed by atoms with E-state index in [0.717, 1.165) is 29.2 Å². The number of aromatic nitrogens is 1. The highest BCUT2D eigenvalue weighted by molar-refractivity contribution is 7.15. The van der Waals surface area contributed by atoms with Gasteiger partial charge >= 0.3 is 0 Å². The molecule has 0 unspecified atom stereocenters. The monoisotopic (exact) mass is 276 g/mol. The molecule has 2 aromatic rings. The van der Waals surface area contributed by atoms with Crippen molar-refractivity contribution in [3.8, 4) is 10.6 Å². The summed E-state index contributed by atoms with van der Waals surface area (Å²) >= 11 is 1.68. The number of nitrogens with zero attached hydrogens (tertiary/aromatic N) is 1. The average Bonchev–Trinajstić information content (AvgIpc) is 3.15. The van der Waals surface area contributed by atoms with Crippen molar-refractivity contribution >= 4 is 11.3 Å². The van der Waals surface area contributed by atoms with Gasteiger partial charge in [-0.2, -0.15) is 0 Å². The summed E-state index contributed by atoms with van der Waals surface area (Å²) < 4.78 is 13.3. The van der Waals surface area contributed by atoms with Crippen molar-refractivity contribution in [1.82, 2.24) is 10.3 Å². The van der Waals surface area contributed by atoms with E-state index in [1.165, 1.54) is 23.8 Å². The fourth-order valence-corrected chi connectivity index (χ4v) is 3.16. The second-order valence-corrected chi connectivity index (χ2v) is 5.99. The predicted molar refractivity (Wildman–Crippen MR) is 76.7 cm³/mol. The van der Waals surface area contributed by atoms with Gasteiger partial charge in [0.1, 0.15) is 10.8 Å². The van der Waals surface area contributed by atoms with Gasteiger partial charge in [-0.3, -0.25) is 0 Å². The van der Waals surface area contributed by atoms with Crippen molar-refractivity contribution in [3.63, 3.8) is 0 Å². The van der Waals surface area contributed by atoms with E-state index in [1.807, 2.05) is 6.07 Å². The lowest BCUT2D eigenvalue weighted by atomic mass is 10.2. The molecular formula is C15H17FN2S. The Morgan fingerprint density at radius 3 is 2.95 bits per heavy atom. The molecule has 1 aliphatic carbocycles. The topological polar surface area (TPSA) is 24.9 Å². The Morgan fingerprint density at radius 2 is 2.26 bits per heavy atom. The number of hydrogen-bond acceptors (Lipinski definition) is 3. The summed E-state index contributed by atoms with van der Waals surface area (Å²) in [6, 6.07) is 7.37. The van der Waals surface area contributed by atoms with E-state index in [1.54, 1.807) is 23.5 Å². The van der Waals surface area contributed by atoms with Gasteiger partial charge < -0.3 is 5.32 Å². The highest BCUT2D eigenvalue weighted by Crippen LogP contribution is 2.29. The van der Waals surface area contributed by atoms with Crippen LogP contribution in [0.4, 0.5) is 4.39 Å². The van der Waals surface area contributed by atoms with Gasteiger partial charge in [0, 0.05) is 23.0 Å². The van der Waals surface area contributed by atoms with Crippen LogP contribution in [0.5, 0.6) is 0 Å². The van der Waals surface area contributed by atoms with E-state index < -0.39 is 0 Å². The summed E-state index contributed by atoms with van der Waals surface area (Å²) in [5, 5.41) is 4.44. The van der Waals surface area contributed by atoms with Gasteiger partial charge in [-0.05, 0) is 31.4 Å². The van der Waals surface area contributed by atoms with Crippen LogP contribution in [0.1, 0.15) is 30.3 Å². The first kappa shape index (κ1) is 12.8. The predicted octanol–water partition coefficient (Wildman–Crippen LogP) is 3.76. The Balaban J connectivity index is 1.85. The van der Waals surface area contributed by atoms with E-state index in [-0.39, 0.29) is 5.82 Å². The lowest BCUT2D eigenvalue weighted by Gasteiger charge is -2.00. The number of hydrogen-bond donors (Lipinski definition) is 1. The second-order valence-electron chi connectivity index (χ2n) is 4.91. The van der Waals surface area contributed by atoms with Gasteiger partial charge in [0.2, 0.25) is 0 Å². The number of halogens is 1. The molecule has 100 valence electrons. The lowest BCUT2D eigenvalue weighted by molar-refractivity contribution is 0.628. The Bertz CT molecular complexity index is 575. The summed E-state index contributed by atoms with van der Waals surface area (Å²) in [6.07, 6.45) is 3.50. The molecule has 1 aromatic heterocycles. The molecule has 0 saturated heterocycles. The minimum absolute atomic E-state index is 0.205. The van der Waals surface area contributed by atoms with Crippen molar-refractivity contribution < 1.29 is 4.39 Å². The number of aryl methyl sites for hydroxylation is 1. The number of benzene rings is 1. The molecule has 1 saturated carbocycles. The fraction of sp³-hybridized carbons (Fsp3) is 0.400. The molecule has 0 spiro atoms. The summed E-state index contributed by atoms with van der Waals surface area (Å²) in [7, 11) is 0. The smallest absolute Gasteiger partial charge is 0.124 e. The highest BCUT2D eigenvalue weighted by atomic mass is 32.1. The molecule has 0 aliphatic heterocycles. The highest BCUT2D eigenvalue weighted by Gasteiger charge is 2.21. The van der Waals surface area contributed by atoms with Crippen molar-refractivity contribution in [2.75, 3.05) is 0 Å². The molecule has 1 heterocycles. The molecule has 1 N–H and O–H groups in total. The quantitative estimate of drug-likeness (QED) is 0.899. The number of thiazole rings is 1. The first-order chi connectivity index (χ1) is 9.26. The third-order valence-electron chi connectivity index (χ3n) is 3.31. The maximum Gasteiger partial charge on any atom is 0.124 e. The molecule has 4 heteroatoms. The van der Waals surface area contributed by atoms with Gasteiger partial charge in [0.25, 0.3) is 0 Å². The lowest BCUT2D eigenvalue weighted by Crippen LogP contribution is -2.15. The molecule has 0 bridgehead atoms. The third kappa shape index (κ3) is 3.01. The number of rotatable bonds is 5. The van der Waals surface area contributed by atoms with Gasteiger partial charge in [-0.25, -0.2) is 9.37 Å². The van der Waals surface area contributed by atoms with Crippen LogP contribution in [-0.4, -0.2) is 11.0 Å². The molecule has 1 aliphatic rings. The van der Waals surface area contributed by atoms with Crippen LogP contribution >= 0.6 is 11.3 Å². The minimum atomic E-state index is -0.205. The molecule has 1 fully saturated rings. The van der Waals surface area contributed by atoms with Crippen molar-refractivity contribution in [2.45, 2.75) is 38.8 Å². The summed E-state index contributed by atoms with van der Waals surface area (Å²) in [6.45, 7) is 3.01. The van der Waals surface area contributed by atoms with Crippen LogP contribution in [0, 0.1) is 5.82 Å². The maximum absolute atomic E-state index is 13.3. The number of nitrogens with one attached hydrogen (secondary N) is 1. The van der Waals surface area contributed by atoms with Crippen molar-refractivity contribution in [1.29, 1.82) is 0 Å². The first-order valence-corrected chi connectivity index (χ1v) is 7.56. The van der Waals surface area contributed by atoms with Crippen molar-refractivity contribution in [3.05, 3.63) is 40.7 Å². The van der Waals surface area contributed by atoms with E-state index in [2.05, 4.69) is 17.2 Å². The average molecular weight is 276 g/mol. The van der Waals surface area contributed by atoms with Crippen LogP contribution in [0.25, 0.3) is 10.6 Å². The first-order valence-electron chi connectivity index (χ1n) is 6.74. The standard InChI is InChI=1S/C15H17FN2S/c1-2-13-14(9-17-12-6-7-12)19-15(18-13)10-4-3-5-11(16)8-10/h3-5,8,12,17H,2,6-7,9H2,1H3. The molecule has 0 atom stereocenters. The summed E-state index contributed by atoms with van der Waals surface area (Å²) in [5.41, 5.74) is 2.01. The third-order valence-corrected chi connectivity index (χ3v) is 4.46.